The Bertz CT molecular complexity index is 1150. The fourth-order valence-electron chi connectivity index (χ4n) is 2.73. The number of halogens is 1. The largest absolute Gasteiger partial charge is 0.485 e. The maximum Gasteiger partial charge on any atom is 0.231 e. The molecule has 0 fully saturated rings. The van der Waals surface area contributed by atoms with E-state index in [4.69, 9.17) is 16.3 Å². The molecule has 0 bridgehead atoms. The van der Waals surface area contributed by atoms with Gasteiger partial charge >= 0.3 is 0 Å². The Balaban J connectivity index is 1.41. The van der Waals surface area contributed by atoms with E-state index in [1.54, 1.807) is 30.7 Å². The molecule has 1 amide bonds. The molecule has 1 aromatic carbocycles. The Kier molecular flexibility index (Phi) is 6.32. The van der Waals surface area contributed by atoms with E-state index in [0.717, 1.165) is 16.1 Å². The van der Waals surface area contributed by atoms with Gasteiger partial charge in [0.1, 0.15) is 11.6 Å². The van der Waals surface area contributed by atoms with Crippen LogP contribution in [-0.2, 0) is 17.8 Å². The second-order valence-electron chi connectivity index (χ2n) is 6.34. The van der Waals surface area contributed by atoms with Gasteiger partial charge in [-0.1, -0.05) is 29.8 Å². The molecule has 0 aliphatic heterocycles. The Morgan fingerprint density at radius 3 is 2.73 bits per heavy atom. The summed E-state index contributed by atoms with van der Waals surface area (Å²) in [6, 6.07) is 14.8. The first kappa shape index (κ1) is 20.0. The molecule has 4 rings (SSSR count). The van der Waals surface area contributed by atoms with Crippen LogP contribution in [-0.4, -0.2) is 20.9 Å². The Morgan fingerprint density at radius 1 is 1.07 bits per heavy atom. The van der Waals surface area contributed by atoms with Gasteiger partial charge in [-0.25, -0.2) is 9.97 Å². The van der Waals surface area contributed by atoms with Crippen molar-refractivity contribution >= 4 is 34.7 Å². The molecule has 0 radical (unpaired) electrons. The molecule has 4 aromatic rings. The molecular weight excluding hydrogens is 420 g/mol. The summed E-state index contributed by atoms with van der Waals surface area (Å²) in [5.41, 5.74) is 2.50. The van der Waals surface area contributed by atoms with Gasteiger partial charge in [0.15, 0.2) is 11.6 Å². The van der Waals surface area contributed by atoms with E-state index < -0.39 is 0 Å². The van der Waals surface area contributed by atoms with Crippen molar-refractivity contribution in [2.45, 2.75) is 13.0 Å². The van der Waals surface area contributed by atoms with Crippen molar-refractivity contribution in [3.8, 4) is 16.3 Å². The van der Waals surface area contributed by atoms with Crippen molar-refractivity contribution in [3.05, 3.63) is 88.8 Å². The second kappa shape index (κ2) is 9.47. The summed E-state index contributed by atoms with van der Waals surface area (Å²) >= 11 is 7.69. The summed E-state index contributed by atoms with van der Waals surface area (Å²) < 4.78 is 5.82. The van der Waals surface area contributed by atoms with Gasteiger partial charge in [0.05, 0.1) is 17.1 Å². The van der Waals surface area contributed by atoms with Crippen molar-refractivity contribution in [2.75, 3.05) is 5.32 Å². The van der Waals surface area contributed by atoms with E-state index in [2.05, 4.69) is 20.3 Å². The van der Waals surface area contributed by atoms with Crippen molar-refractivity contribution < 1.29 is 9.53 Å². The first-order valence-corrected chi connectivity index (χ1v) is 10.4. The number of rotatable bonds is 7. The number of thiazole rings is 1. The van der Waals surface area contributed by atoms with E-state index in [9.17, 15) is 4.79 Å². The lowest BCUT2D eigenvalue weighted by Crippen LogP contribution is -2.16. The monoisotopic (exact) mass is 436 g/mol. The van der Waals surface area contributed by atoms with Gasteiger partial charge in [-0.3, -0.25) is 9.78 Å². The number of pyridine rings is 2. The lowest BCUT2D eigenvalue weighted by molar-refractivity contribution is -0.115. The fourth-order valence-corrected chi connectivity index (χ4v) is 3.87. The Morgan fingerprint density at radius 2 is 1.90 bits per heavy atom. The molecule has 1 N–H and O–H groups in total. The smallest absolute Gasteiger partial charge is 0.231 e. The minimum atomic E-state index is -0.224. The van der Waals surface area contributed by atoms with Crippen LogP contribution in [0.4, 0.5) is 5.82 Å². The summed E-state index contributed by atoms with van der Waals surface area (Å²) in [6.07, 6.45) is 5.14. The third-order valence-corrected chi connectivity index (χ3v) is 5.42. The van der Waals surface area contributed by atoms with Gasteiger partial charge in [0.2, 0.25) is 5.91 Å². The maximum absolute atomic E-state index is 12.5. The molecule has 30 heavy (non-hydrogen) atoms. The van der Waals surface area contributed by atoms with Gasteiger partial charge in [0.25, 0.3) is 0 Å². The van der Waals surface area contributed by atoms with E-state index in [0.29, 0.717) is 28.9 Å². The zero-order valence-corrected chi connectivity index (χ0v) is 17.4. The van der Waals surface area contributed by atoms with Crippen LogP contribution < -0.4 is 10.1 Å². The van der Waals surface area contributed by atoms with Crippen molar-refractivity contribution in [1.82, 2.24) is 15.0 Å². The predicted octanol–water partition coefficient (Wildman–Crippen LogP) is 5.01. The quantitative estimate of drug-likeness (QED) is 0.440. The van der Waals surface area contributed by atoms with Crippen molar-refractivity contribution in [1.29, 1.82) is 0 Å². The summed E-state index contributed by atoms with van der Waals surface area (Å²) in [5.74, 6) is 0.647. The molecule has 0 saturated heterocycles. The molecule has 0 aliphatic rings. The average molecular weight is 437 g/mol. The van der Waals surface area contributed by atoms with Crippen LogP contribution in [0.3, 0.4) is 0 Å². The standard InChI is InChI=1S/C22H17ClN4O2S/c23-18-5-2-1-4-17(18)22-26-16(14-30-22)12-20(28)27-21-19(6-3-9-25-21)29-13-15-7-10-24-11-8-15/h1-11,14H,12-13H2,(H,25,27,28). The first-order chi connectivity index (χ1) is 14.7. The summed E-state index contributed by atoms with van der Waals surface area (Å²) in [7, 11) is 0. The van der Waals surface area contributed by atoms with Gasteiger partial charge in [-0.15, -0.1) is 11.3 Å². The zero-order valence-electron chi connectivity index (χ0n) is 15.8. The number of hydrogen-bond acceptors (Lipinski definition) is 6. The number of nitrogens with one attached hydrogen (secondary N) is 1. The van der Waals surface area contributed by atoms with Crippen LogP contribution >= 0.6 is 22.9 Å². The lowest BCUT2D eigenvalue weighted by atomic mass is 10.2. The first-order valence-electron chi connectivity index (χ1n) is 9.15. The number of amides is 1. The lowest BCUT2D eigenvalue weighted by Gasteiger charge is -2.11. The molecule has 3 heterocycles. The van der Waals surface area contributed by atoms with E-state index in [1.165, 1.54) is 11.3 Å². The molecule has 0 saturated carbocycles. The number of aromatic nitrogens is 3. The predicted molar refractivity (Wildman–Crippen MR) is 118 cm³/mol. The third-order valence-electron chi connectivity index (χ3n) is 4.17. The number of ether oxygens (including phenoxy) is 1. The van der Waals surface area contributed by atoms with Gasteiger partial charge in [-0.05, 0) is 35.9 Å². The minimum Gasteiger partial charge on any atom is -0.485 e. The number of nitrogens with zero attached hydrogens (tertiary/aromatic N) is 3. The topological polar surface area (TPSA) is 77.0 Å². The van der Waals surface area contributed by atoms with Gasteiger partial charge in [0, 0.05) is 29.5 Å². The van der Waals surface area contributed by atoms with Crippen LogP contribution in [0.1, 0.15) is 11.3 Å². The summed E-state index contributed by atoms with van der Waals surface area (Å²) in [6.45, 7) is 0.352. The number of carbonyl (C=O) groups is 1. The SMILES string of the molecule is O=C(Cc1csc(-c2ccccc2Cl)n1)Nc1ncccc1OCc1ccncc1. The molecule has 0 unspecified atom stereocenters. The number of carbonyl (C=O) groups excluding carboxylic acids is 1. The van der Waals surface area contributed by atoms with Crippen molar-refractivity contribution in [3.63, 3.8) is 0 Å². The molecule has 3 aromatic heterocycles. The van der Waals surface area contributed by atoms with E-state index >= 15 is 0 Å². The van der Waals surface area contributed by atoms with Crippen LogP contribution in [0.2, 0.25) is 5.02 Å². The van der Waals surface area contributed by atoms with Crippen LogP contribution in [0.5, 0.6) is 5.75 Å². The fraction of sp³-hybridized carbons (Fsp3) is 0.0909. The third kappa shape index (κ3) is 5.00. The van der Waals surface area contributed by atoms with Crippen LogP contribution in [0, 0.1) is 0 Å². The molecule has 6 nitrogen and oxygen atoms in total. The van der Waals surface area contributed by atoms with Crippen molar-refractivity contribution in [2.24, 2.45) is 0 Å². The average Bonchev–Trinajstić information content (AvgIpc) is 3.22. The number of hydrogen-bond donors (Lipinski definition) is 1. The molecule has 0 atom stereocenters. The highest BCUT2D eigenvalue weighted by molar-refractivity contribution is 7.13. The zero-order chi connectivity index (χ0) is 20.8. The van der Waals surface area contributed by atoms with Gasteiger partial charge in [-0.2, -0.15) is 0 Å². The van der Waals surface area contributed by atoms with E-state index in [1.807, 2.05) is 41.8 Å². The second-order valence-corrected chi connectivity index (χ2v) is 7.61. The Labute approximate surface area is 182 Å². The normalized spacial score (nSPS) is 10.6. The van der Waals surface area contributed by atoms with E-state index in [-0.39, 0.29) is 12.3 Å². The minimum absolute atomic E-state index is 0.126. The highest BCUT2D eigenvalue weighted by Crippen LogP contribution is 2.30. The summed E-state index contributed by atoms with van der Waals surface area (Å²) in [4.78, 5) is 25.3. The van der Waals surface area contributed by atoms with Gasteiger partial charge < -0.3 is 10.1 Å². The summed E-state index contributed by atoms with van der Waals surface area (Å²) in [5, 5.41) is 6.08. The molecular formula is C22H17ClN4O2S. The Hall–Kier alpha value is -3.29. The molecule has 150 valence electrons. The van der Waals surface area contributed by atoms with Crippen LogP contribution in [0.15, 0.2) is 72.5 Å². The highest BCUT2D eigenvalue weighted by Gasteiger charge is 2.13. The maximum atomic E-state index is 12.5. The molecule has 0 aliphatic carbocycles. The highest BCUT2D eigenvalue weighted by atomic mass is 35.5. The number of benzene rings is 1. The number of anilines is 1. The van der Waals surface area contributed by atoms with Crippen LogP contribution in [0.25, 0.3) is 10.6 Å². The molecule has 8 heteroatoms. The molecule has 0 spiro atoms.